The van der Waals surface area contributed by atoms with E-state index in [0.717, 1.165) is 30.0 Å². The van der Waals surface area contributed by atoms with Gasteiger partial charge in [-0.25, -0.2) is 0 Å². The number of aryl methyl sites for hydroxylation is 2. The molecule has 0 fully saturated rings. The fourth-order valence-corrected chi connectivity index (χ4v) is 2.98. The van der Waals surface area contributed by atoms with Crippen molar-refractivity contribution >= 4 is 11.6 Å². The number of nitrogens with zero attached hydrogens (tertiary/aromatic N) is 1. The minimum Gasteiger partial charge on any atom is -0.494 e. The van der Waals surface area contributed by atoms with Crippen molar-refractivity contribution in [2.24, 2.45) is 0 Å². The first kappa shape index (κ1) is 20.4. The van der Waals surface area contributed by atoms with Crippen LogP contribution in [0.25, 0.3) is 0 Å². The zero-order chi connectivity index (χ0) is 20.6. The van der Waals surface area contributed by atoms with Gasteiger partial charge < -0.3 is 14.8 Å². The molecule has 0 aliphatic carbocycles. The molecular formula is C24H26N2O3. The van der Waals surface area contributed by atoms with E-state index in [1.54, 1.807) is 0 Å². The number of carbonyl (C=O) groups is 1. The first-order valence-corrected chi connectivity index (χ1v) is 9.87. The topological polar surface area (TPSA) is 60.5 Å². The first-order valence-electron chi connectivity index (χ1n) is 9.87. The standard InChI is InChI=1S/C24H26N2O3/c1-4-7-18-12-15-23(17(3)25-18)24(27)26-19-10-13-20(14-11-19)29-22-9-6-8-21(16-22)28-5-2/h6,8-16H,4-5,7H2,1-3H3,(H,26,27). The third kappa shape index (κ3) is 5.57. The van der Waals surface area contributed by atoms with Crippen molar-refractivity contribution in [1.82, 2.24) is 4.98 Å². The summed E-state index contributed by atoms with van der Waals surface area (Å²) >= 11 is 0. The molecule has 5 heteroatoms. The maximum Gasteiger partial charge on any atom is 0.257 e. The number of rotatable bonds is 8. The predicted molar refractivity (Wildman–Crippen MR) is 115 cm³/mol. The van der Waals surface area contributed by atoms with E-state index in [1.807, 2.05) is 74.5 Å². The lowest BCUT2D eigenvalue weighted by Crippen LogP contribution is -2.14. The summed E-state index contributed by atoms with van der Waals surface area (Å²) in [5.74, 6) is 1.97. The summed E-state index contributed by atoms with van der Waals surface area (Å²) in [6, 6.07) is 18.5. The van der Waals surface area contributed by atoms with Gasteiger partial charge in [0.2, 0.25) is 0 Å². The molecule has 2 aromatic carbocycles. The highest BCUT2D eigenvalue weighted by Gasteiger charge is 2.11. The molecule has 0 unspecified atom stereocenters. The van der Waals surface area contributed by atoms with Crippen LogP contribution in [0.2, 0.25) is 0 Å². The summed E-state index contributed by atoms with van der Waals surface area (Å²) in [7, 11) is 0. The van der Waals surface area contributed by atoms with Gasteiger partial charge in [0.05, 0.1) is 17.9 Å². The van der Waals surface area contributed by atoms with Crippen LogP contribution in [-0.2, 0) is 6.42 Å². The summed E-state index contributed by atoms with van der Waals surface area (Å²) in [6.45, 7) is 6.52. The summed E-state index contributed by atoms with van der Waals surface area (Å²) in [6.07, 6.45) is 1.94. The van der Waals surface area contributed by atoms with Crippen molar-refractivity contribution in [3.8, 4) is 17.2 Å². The minimum absolute atomic E-state index is 0.170. The lowest BCUT2D eigenvalue weighted by molar-refractivity contribution is 0.102. The normalized spacial score (nSPS) is 10.4. The monoisotopic (exact) mass is 390 g/mol. The van der Waals surface area contributed by atoms with E-state index in [9.17, 15) is 4.79 Å². The van der Waals surface area contributed by atoms with E-state index in [2.05, 4.69) is 17.2 Å². The molecule has 0 radical (unpaired) electrons. The molecule has 150 valence electrons. The second-order valence-corrected chi connectivity index (χ2v) is 6.67. The number of pyridine rings is 1. The third-order valence-corrected chi connectivity index (χ3v) is 4.36. The number of aromatic nitrogens is 1. The Bertz CT molecular complexity index is 968. The number of carbonyl (C=O) groups excluding carboxylic acids is 1. The smallest absolute Gasteiger partial charge is 0.257 e. The van der Waals surface area contributed by atoms with Gasteiger partial charge in [0.25, 0.3) is 5.91 Å². The zero-order valence-electron chi connectivity index (χ0n) is 17.1. The number of ether oxygens (including phenoxy) is 2. The highest BCUT2D eigenvalue weighted by atomic mass is 16.5. The quantitative estimate of drug-likeness (QED) is 0.529. The van der Waals surface area contributed by atoms with Crippen molar-refractivity contribution in [2.75, 3.05) is 11.9 Å². The summed E-state index contributed by atoms with van der Waals surface area (Å²) in [5, 5.41) is 2.91. The van der Waals surface area contributed by atoms with Crippen LogP contribution in [0.5, 0.6) is 17.2 Å². The first-order chi connectivity index (χ1) is 14.1. The van der Waals surface area contributed by atoms with Crippen molar-refractivity contribution in [2.45, 2.75) is 33.6 Å². The zero-order valence-corrected chi connectivity index (χ0v) is 17.1. The van der Waals surface area contributed by atoms with Gasteiger partial charge in [0, 0.05) is 17.4 Å². The van der Waals surface area contributed by atoms with Crippen molar-refractivity contribution in [1.29, 1.82) is 0 Å². The largest absolute Gasteiger partial charge is 0.494 e. The second kappa shape index (κ2) is 9.73. The lowest BCUT2D eigenvalue weighted by atomic mass is 10.1. The molecule has 0 saturated carbocycles. The molecule has 0 atom stereocenters. The van der Waals surface area contributed by atoms with Gasteiger partial charge in [0.15, 0.2) is 0 Å². The van der Waals surface area contributed by atoms with Crippen LogP contribution in [0.15, 0.2) is 60.7 Å². The van der Waals surface area contributed by atoms with Gasteiger partial charge in [0.1, 0.15) is 17.2 Å². The maximum atomic E-state index is 12.6. The molecule has 0 aliphatic heterocycles. The molecule has 1 aromatic heterocycles. The van der Waals surface area contributed by atoms with E-state index in [4.69, 9.17) is 9.47 Å². The Kier molecular flexibility index (Phi) is 6.85. The maximum absolute atomic E-state index is 12.6. The Morgan fingerprint density at radius 2 is 1.72 bits per heavy atom. The fourth-order valence-electron chi connectivity index (χ4n) is 2.98. The molecule has 0 spiro atoms. The summed E-state index contributed by atoms with van der Waals surface area (Å²) in [5.41, 5.74) is 3.03. The van der Waals surface area contributed by atoms with Gasteiger partial charge in [-0.1, -0.05) is 19.4 Å². The summed E-state index contributed by atoms with van der Waals surface area (Å²) < 4.78 is 11.3. The predicted octanol–water partition coefficient (Wildman–Crippen LogP) is 5.79. The third-order valence-electron chi connectivity index (χ3n) is 4.36. The second-order valence-electron chi connectivity index (χ2n) is 6.67. The molecule has 0 bridgehead atoms. The van der Waals surface area contributed by atoms with Gasteiger partial charge in [-0.2, -0.15) is 0 Å². The van der Waals surface area contributed by atoms with Gasteiger partial charge >= 0.3 is 0 Å². The Morgan fingerprint density at radius 1 is 0.966 bits per heavy atom. The van der Waals surface area contributed by atoms with E-state index in [0.29, 0.717) is 29.4 Å². The number of anilines is 1. The van der Waals surface area contributed by atoms with Crippen LogP contribution in [-0.4, -0.2) is 17.5 Å². The minimum atomic E-state index is -0.170. The number of benzene rings is 2. The fraction of sp³-hybridized carbons (Fsp3) is 0.250. The van der Waals surface area contributed by atoms with Gasteiger partial charge in [-0.15, -0.1) is 0 Å². The van der Waals surface area contributed by atoms with E-state index >= 15 is 0 Å². The molecule has 5 nitrogen and oxygen atoms in total. The Morgan fingerprint density at radius 3 is 2.41 bits per heavy atom. The van der Waals surface area contributed by atoms with Crippen molar-refractivity contribution in [3.63, 3.8) is 0 Å². The SMILES string of the molecule is CCCc1ccc(C(=O)Nc2ccc(Oc3cccc(OCC)c3)cc2)c(C)n1. The van der Waals surface area contributed by atoms with Crippen LogP contribution in [0.1, 0.15) is 42.0 Å². The lowest BCUT2D eigenvalue weighted by Gasteiger charge is -2.11. The highest BCUT2D eigenvalue weighted by molar-refractivity contribution is 6.05. The molecular weight excluding hydrogens is 364 g/mol. The van der Waals surface area contributed by atoms with Gasteiger partial charge in [-0.05, 0) is 68.8 Å². The number of nitrogens with one attached hydrogen (secondary N) is 1. The average molecular weight is 390 g/mol. The molecule has 0 aliphatic rings. The van der Waals surface area contributed by atoms with Gasteiger partial charge in [-0.3, -0.25) is 9.78 Å². The van der Waals surface area contributed by atoms with Crippen molar-refractivity contribution in [3.05, 3.63) is 77.6 Å². The molecule has 3 rings (SSSR count). The number of hydrogen-bond acceptors (Lipinski definition) is 4. The molecule has 0 saturated heterocycles. The molecule has 1 N–H and O–H groups in total. The molecule has 1 heterocycles. The van der Waals surface area contributed by atoms with E-state index in [-0.39, 0.29) is 5.91 Å². The Balaban J connectivity index is 1.64. The summed E-state index contributed by atoms with van der Waals surface area (Å²) in [4.78, 5) is 17.1. The van der Waals surface area contributed by atoms with Crippen LogP contribution in [0.4, 0.5) is 5.69 Å². The van der Waals surface area contributed by atoms with Crippen LogP contribution in [0.3, 0.4) is 0 Å². The molecule has 29 heavy (non-hydrogen) atoms. The van der Waals surface area contributed by atoms with Crippen LogP contribution in [0, 0.1) is 6.92 Å². The Labute approximate surface area is 171 Å². The van der Waals surface area contributed by atoms with Crippen LogP contribution < -0.4 is 14.8 Å². The molecule has 1 amide bonds. The molecule has 3 aromatic rings. The average Bonchev–Trinajstić information content (AvgIpc) is 2.70. The number of hydrogen-bond donors (Lipinski definition) is 1. The van der Waals surface area contributed by atoms with Crippen LogP contribution >= 0.6 is 0 Å². The number of amides is 1. The van der Waals surface area contributed by atoms with Crippen molar-refractivity contribution < 1.29 is 14.3 Å². The Hall–Kier alpha value is -3.34. The highest BCUT2D eigenvalue weighted by Crippen LogP contribution is 2.26. The van der Waals surface area contributed by atoms with E-state index in [1.165, 1.54) is 0 Å². The van der Waals surface area contributed by atoms with E-state index < -0.39 is 0 Å².